The summed E-state index contributed by atoms with van der Waals surface area (Å²) >= 11 is 0. The Morgan fingerprint density at radius 2 is 1.88 bits per heavy atom. The summed E-state index contributed by atoms with van der Waals surface area (Å²) in [5, 5.41) is 0. The Morgan fingerprint density at radius 1 is 1.12 bits per heavy atom. The number of aryl methyl sites for hydroxylation is 1. The van der Waals surface area contributed by atoms with Crippen molar-refractivity contribution in [2.75, 3.05) is 32.8 Å². The predicted molar refractivity (Wildman–Crippen MR) is 98.4 cm³/mol. The number of rotatable bonds is 2. The fourth-order valence-corrected chi connectivity index (χ4v) is 5.34. The Kier molecular flexibility index (Phi) is 4.59. The number of nitrogens with zero attached hydrogens (tertiary/aromatic N) is 1. The van der Waals surface area contributed by atoms with Crippen LogP contribution in [0.3, 0.4) is 0 Å². The first-order chi connectivity index (χ1) is 12.2. The zero-order valence-electron chi connectivity index (χ0n) is 15.1. The fraction of sp³-hybridized carbons (Fsp3) is 0.667. The van der Waals surface area contributed by atoms with Gasteiger partial charge in [0.25, 0.3) is 0 Å². The van der Waals surface area contributed by atoms with Crippen LogP contribution in [0.5, 0.6) is 0 Å². The van der Waals surface area contributed by atoms with E-state index in [1.165, 1.54) is 36.8 Å². The normalized spacial score (nSPS) is 28.6. The van der Waals surface area contributed by atoms with Gasteiger partial charge in [-0.15, -0.1) is 0 Å². The number of benzene rings is 1. The minimum Gasteiger partial charge on any atom is -0.381 e. The van der Waals surface area contributed by atoms with Gasteiger partial charge in [0.05, 0.1) is 5.41 Å². The maximum Gasteiger partial charge on any atom is 0.230 e. The van der Waals surface area contributed by atoms with Crippen LogP contribution in [0.15, 0.2) is 24.3 Å². The average molecular weight is 342 g/mol. The van der Waals surface area contributed by atoms with Crippen LogP contribution in [-0.4, -0.2) is 43.7 Å². The molecule has 0 aromatic heterocycles. The third-order valence-electron chi connectivity index (χ3n) is 6.85. The molecule has 4 heteroatoms. The van der Waals surface area contributed by atoms with Gasteiger partial charge in [0.2, 0.25) is 5.91 Å². The van der Waals surface area contributed by atoms with E-state index >= 15 is 0 Å². The summed E-state index contributed by atoms with van der Waals surface area (Å²) in [6.07, 6.45) is 7.44. The van der Waals surface area contributed by atoms with Crippen molar-refractivity contribution < 1.29 is 9.53 Å². The van der Waals surface area contributed by atoms with Crippen LogP contribution in [0.4, 0.5) is 0 Å². The second-order valence-corrected chi connectivity index (χ2v) is 8.22. The van der Waals surface area contributed by atoms with Crippen molar-refractivity contribution in [2.45, 2.75) is 50.4 Å². The third kappa shape index (κ3) is 2.89. The zero-order chi connectivity index (χ0) is 17.3. The highest BCUT2D eigenvalue weighted by molar-refractivity contribution is 5.83. The lowest BCUT2D eigenvalue weighted by molar-refractivity contribution is -0.149. The van der Waals surface area contributed by atoms with Gasteiger partial charge in [-0.3, -0.25) is 4.79 Å². The number of hydrogen-bond acceptors (Lipinski definition) is 3. The van der Waals surface area contributed by atoms with Crippen LogP contribution in [0.25, 0.3) is 0 Å². The molecule has 1 aliphatic carbocycles. The maximum absolute atomic E-state index is 13.4. The molecule has 4 nitrogen and oxygen atoms in total. The van der Waals surface area contributed by atoms with Crippen LogP contribution in [-0.2, 0) is 21.4 Å². The van der Waals surface area contributed by atoms with Gasteiger partial charge in [0.1, 0.15) is 0 Å². The maximum atomic E-state index is 13.4. The van der Waals surface area contributed by atoms with Crippen LogP contribution in [0, 0.1) is 5.41 Å². The van der Waals surface area contributed by atoms with Crippen molar-refractivity contribution in [3.63, 3.8) is 0 Å². The molecule has 2 N–H and O–H groups in total. The number of carbonyl (C=O) groups is 1. The molecule has 1 aromatic carbocycles. The minimum absolute atomic E-state index is 0.156. The summed E-state index contributed by atoms with van der Waals surface area (Å²) in [6.45, 7) is 3.50. The largest absolute Gasteiger partial charge is 0.381 e. The Labute approximate surface area is 150 Å². The summed E-state index contributed by atoms with van der Waals surface area (Å²) in [5.41, 5.74) is 8.83. The molecule has 0 saturated carbocycles. The summed E-state index contributed by atoms with van der Waals surface area (Å²) < 4.78 is 5.49. The molecule has 1 spiro atoms. The van der Waals surface area contributed by atoms with E-state index in [0.717, 1.165) is 32.4 Å². The highest BCUT2D eigenvalue weighted by Gasteiger charge is 2.46. The second-order valence-electron chi connectivity index (χ2n) is 8.22. The summed E-state index contributed by atoms with van der Waals surface area (Å²) in [4.78, 5) is 15.6. The first-order valence-electron chi connectivity index (χ1n) is 9.85. The molecule has 1 amide bonds. The van der Waals surface area contributed by atoms with E-state index in [-0.39, 0.29) is 11.3 Å². The Hall–Kier alpha value is -1.39. The number of amides is 1. The molecule has 0 radical (unpaired) electrons. The SMILES string of the molecule is NCC1(C(=O)N2CCCC3(CCCc4ccccc43)C2)CCOCC1. The molecule has 1 unspecified atom stereocenters. The molecule has 136 valence electrons. The Bertz CT molecular complexity index is 639. The van der Waals surface area contributed by atoms with E-state index in [4.69, 9.17) is 10.5 Å². The highest BCUT2D eigenvalue weighted by atomic mass is 16.5. The number of nitrogens with two attached hydrogens (primary N) is 1. The van der Waals surface area contributed by atoms with Crippen molar-refractivity contribution in [1.82, 2.24) is 4.90 Å². The Morgan fingerprint density at radius 3 is 2.68 bits per heavy atom. The van der Waals surface area contributed by atoms with Crippen LogP contribution >= 0.6 is 0 Å². The topological polar surface area (TPSA) is 55.6 Å². The number of ether oxygens (including phenoxy) is 1. The van der Waals surface area contributed by atoms with E-state index in [1.54, 1.807) is 0 Å². The first kappa shape index (κ1) is 17.0. The molecule has 0 bridgehead atoms. The van der Waals surface area contributed by atoms with E-state index in [9.17, 15) is 4.79 Å². The van der Waals surface area contributed by atoms with Gasteiger partial charge in [0.15, 0.2) is 0 Å². The molecule has 1 aromatic rings. The predicted octanol–water partition coefficient (Wildman–Crippen LogP) is 2.64. The lowest BCUT2D eigenvalue weighted by atomic mass is 9.65. The highest BCUT2D eigenvalue weighted by Crippen LogP contribution is 2.44. The van der Waals surface area contributed by atoms with E-state index in [2.05, 4.69) is 29.2 Å². The number of fused-ring (bicyclic) bond motifs is 2. The molecule has 25 heavy (non-hydrogen) atoms. The molecule has 1 atom stereocenters. The molecule has 2 fully saturated rings. The van der Waals surface area contributed by atoms with Crippen LogP contribution < -0.4 is 5.73 Å². The summed E-state index contributed by atoms with van der Waals surface area (Å²) in [7, 11) is 0. The van der Waals surface area contributed by atoms with Gasteiger partial charge in [-0.1, -0.05) is 24.3 Å². The number of carbonyl (C=O) groups excluding carboxylic acids is 1. The average Bonchev–Trinajstić information content (AvgIpc) is 2.68. The standard InChI is InChI=1S/C21H30N2O2/c22-15-20(10-13-25-14-11-20)19(24)23-12-4-9-21(16-23)8-3-6-17-5-1-2-7-18(17)21/h1-2,5,7H,3-4,6,8-16,22H2. The summed E-state index contributed by atoms with van der Waals surface area (Å²) in [6, 6.07) is 8.88. The molecular formula is C21H30N2O2. The smallest absolute Gasteiger partial charge is 0.230 e. The van der Waals surface area contributed by atoms with Crippen LogP contribution in [0.1, 0.15) is 49.7 Å². The molecular weight excluding hydrogens is 312 g/mol. The lowest BCUT2D eigenvalue weighted by Crippen LogP contribution is -2.56. The van der Waals surface area contributed by atoms with Crippen molar-refractivity contribution in [1.29, 1.82) is 0 Å². The molecule has 2 saturated heterocycles. The van der Waals surface area contributed by atoms with Crippen molar-refractivity contribution in [3.8, 4) is 0 Å². The van der Waals surface area contributed by atoms with E-state index in [0.29, 0.717) is 19.8 Å². The lowest BCUT2D eigenvalue weighted by Gasteiger charge is -2.49. The van der Waals surface area contributed by atoms with Gasteiger partial charge in [-0.2, -0.15) is 0 Å². The van der Waals surface area contributed by atoms with Gasteiger partial charge < -0.3 is 15.4 Å². The van der Waals surface area contributed by atoms with Gasteiger partial charge in [0, 0.05) is 38.3 Å². The quantitative estimate of drug-likeness (QED) is 0.899. The molecule has 2 heterocycles. The van der Waals surface area contributed by atoms with Crippen LogP contribution in [0.2, 0.25) is 0 Å². The first-order valence-corrected chi connectivity index (χ1v) is 9.85. The fourth-order valence-electron chi connectivity index (χ4n) is 5.34. The van der Waals surface area contributed by atoms with E-state index in [1.807, 2.05) is 0 Å². The second kappa shape index (κ2) is 6.73. The van der Waals surface area contributed by atoms with Crippen molar-refractivity contribution in [2.24, 2.45) is 11.1 Å². The van der Waals surface area contributed by atoms with Crippen molar-refractivity contribution >= 4 is 5.91 Å². The van der Waals surface area contributed by atoms with Gasteiger partial charge >= 0.3 is 0 Å². The number of piperidine rings is 1. The Balaban J connectivity index is 1.60. The number of likely N-dealkylation sites (tertiary alicyclic amines) is 1. The summed E-state index contributed by atoms with van der Waals surface area (Å²) in [5.74, 6) is 0.278. The van der Waals surface area contributed by atoms with E-state index < -0.39 is 5.41 Å². The van der Waals surface area contributed by atoms with Gasteiger partial charge in [-0.25, -0.2) is 0 Å². The minimum atomic E-state index is -0.398. The molecule has 2 aliphatic heterocycles. The monoisotopic (exact) mass is 342 g/mol. The number of hydrogen-bond donors (Lipinski definition) is 1. The van der Waals surface area contributed by atoms with Crippen molar-refractivity contribution in [3.05, 3.63) is 35.4 Å². The zero-order valence-corrected chi connectivity index (χ0v) is 15.1. The van der Waals surface area contributed by atoms with Gasteiger partial charge in [-0.05, 0) is 56.1 Å². The molecule has 4 rings (SSSR count). The molecule has 3 aliphatic rings. The third-order valence-corrected chi connectivity index (χ3v) is 6.85.